The standard InChI is InChI=1S/C21H26FN3O3S/c1-24(19-5-3-2-4-6-19)16-13-23-21(26)17-11-14-25(15-12-17)29(27,28)20-9-7-18(22)8-10-20/h2-10,17H,11-16H2,1H3,(H,23,26). The van der Waals surface area contributed by atoms with Crippen LogP contribution in [0.4, 0.5) is 10.1 Å². The molecule has 0 radical (unpaired) electrons. The Labute approximate surface area is 171 Å². The van der Waals surface area contributed by atoms with Gasteiger partial charge in [0.25, 0.3) is 0 Å². The van der Waals surface area contributed by atoms with Gasteiger partial charge in [-0.1, -0.05) is 18.2 Å². The zero-order chi connectivity index (χ0) is 20.9. The normalized spacial score (nSPS) is 15.8. The van der Waals surface area contributed by atoms with Crippen LogP contribution in [0.5, 0.6) is 0 Å². The van der Waals surface area contributed by atoms with Crippen molar-refractivity contribution in [1.29, 1.82) is 0 Å². The molecule has 0 bridgehead atoms. The molecule has 1 saturated heterocycles. The number of nitrogens with zero attached hydrogens (tertiary/aromatic N) is 2. The van der Waals surface area contributed by atoms with Crippen molar-refractivity contribution >= 4 is 21.6 Å². The summed E-state index contributed by atoms with van der Waals surface area (Å²) >= 11 is 0. The van der Waals surface area contributed by atoms with Crippen molar-refractivity contribution in [2.75, 3.05) is 38.1 Å². The molecule has 0 aromatic heterocycles. The van der Waals surface area contributed by atoms with Gasteiger partial charge in [-0.3, -0.25) is 4.79 Å². The van der Waals surface area contributed by atoms with Crippen LogP contribution in [0.2, 0.25) is 0 Å². The second-order valence-electron chi connectivity index (χ2n) is 7.18. The van der Waals surface area contributed by atoms with E-state index in [1.54, 1.807) is 0 Å². The Morgan fingerprint density at radius 3 is 2.34 bits per heavy atom. The van der Waals surface area contributed by atoms with Crippen LogP contribution in [0.1, 0.15) is 12.8 Å². The molecule has 1 N–H and O–H groups in total. The average Bonchev–Trinajstić information content (AvgIpc) is 2.74. The van der Waals surface area contributed by atoms with Gasteiger partial charge in [-0.25, -0.2) is 12.8 Å². The summed E-state index contributed by atoms with van der Waals surface area (Å²) in [7, 11) is -1.69. The highest BCUT2D eigenvalue weighted by Gasteiger charge is 2.32. The third-order valence-electron chi connectivity index (χ3n) is 5.22. The molecule has 1 fully saturated rings. The number of carbonyl (C=O) groups excluding carboxylic acids is 1. The molecule has 0 unspecified atom stereocenters. The second kappa shape index (κ2) is 9.37. The van der Waals surface area contributed by atoms with Crippen LogP contribution in [0.15, 0.2) is 59.5 Å². The van der Waals surface area contributed by atoms with E-state index in [0.29, 0.717) is 25.9 Å². The number of hydrogen-bond acceptors (Lipinski definition) is 4. The lowest BCUT2D eigenvalue weighted by Gasteiger charge is -2.30. The van der Waals surface area contributed by atoms with Gasteiger partial charge in [-0.05, 0) is 49.2 Å². The van der Waals surface area contributed by atoms with Crippen LogP contribution in [0.3, 0.4) is 0 Å². The van der Waals surface area contributed by atoms with Gasteiger partial charge in [0.15, 0.2) is 0 Å². The lowest BCUT2D eigenvalue weighted by atomic mass is 9.97. The van der Waals surface area contributed by atoms with Gasteiger partial charge in [0.1, 0.15) is 5.82 Å². The van der Waals surface area contributed by atoms with Gasteiger partial charge in [-0.2, -0.15) is 4.31 Å². The first-order chi connectivity index (χ1) is 13.9. The van der Waals surface area contributed by atoms with Crippen molar-refractivity contribution in [1.82, 2.24) is 9.62 Å². The fourth-order valence-electron chi connectivity index (χ4n) is 3.42. The SMILES string of the molecule is CN(CCNC(=O)C1CCN(S(=O)(=O)c2ccc(F)cc2)CC1)c1ccccc1. The molecular weight excluding hydrogens is 393 g/mol. The number of amides is 1. The third-order valence-corrected chi connectivity index (χ3v) is 7.13. The Hall–Kier alpha value is -2.45. The molecule has 2 aromatic rings. The van der Waals surface area contributed by atoms with Gasteiger partial charge in [0.05, 0.1) is 4.90 Å². The van der Waals surface area contributed by atoms with E-state index >= 15 is 0 Å². The largest absolute Gasteiger partial charge is 0.373 e. The number of anilines is 1. The molecule has 1 aliphatic heterocycles. The number of para-hydroxylation sites is 1. The second-order valence-corrected chi connectivity index (χ2v) is 9.12. The van der Waals surface area contributed by atoms with Crippen molar-refractivity contribution < 1.29 is 17.6 Å². The molecule has 2 aromatic carbocycles. The summed E-state index contributed by atoms with van der Waals surface area (Å²) < 4.78 is 39.7. The predicted molar refractivity (Wildman–Crippen MR) is 111 cm³/mol. The monoisotopic (exact) mass is 419 g/mol. The van der Waals surface area contributed by atoms with Crippen molar-refractivity contribution in [3.8, 4) is 0 Å². The number of carbonyl (C=O) groups is 1. The Bertz CT molecular complexity index is 912. The van der Waals surface area contributed by atoms with Crippen LogP contribution in [-0.4, -0.2) is 51.9 Å². The highest BCUT2D eigenvalue weighted by molar-refractivity contribution is 7.89. The molecule has 156 valence electrons. The molecule has 8 heteroatoms. The summed E-state index contributed by atoms with van der Waals surface area (Å²) in [4.78, 5) is 14.6. The quantitative estimate of drug-likeness (QED) is 0.749. The molecule has 0 saturated carbocycles. The molecule has 29 heavy (non-hydrogen) atoms. The predicted octanol–water partition coefficient (Wildman–Crippen LogP) is 2.48. The smallest absolute Gasteiger partial charge is 0.243 e. The molecule has 0 atom stereocenters. The van der Waals surface area contributed by atoms with E-state index in [2.05, 4.69) is 10.2 Å². The summed E-state index contributed by atoms with van der Waals surface area (Å²) in [6, 6.07) is 14.7. The molecular formula is C21H26FN3O3S. The first-order valence-corrected chi connectivity index (χ1v) is 11.1. The molecule has 1 aliphatic rings. The lowest BCUT2D eigenvalue weighted by molar-refractivity contribution is -0.126. The van der Waals surface area contributed by atoms with E-state index in [4.69, 9.17) is 0 Å². The fourth-order valence-corrected chi connectivity index (χ4v) is 4.89. The molecule has 6 nitrogen and oxygen atoms in total. The summed E-state index contributed by atoms with van der Waals surface area (Å²) in [6.45, 7) is 1.77. The number of hydrogen-bond donors (Lipinski definition) is 1. The highest BCUT2D eigenvalue weighted by Crippen LogP contribution is 2.24. The van der Waals surface area contributed by atoms with Crippen molar-refractivity contribution in [3.63, 3.8) is 0 Å². The number of likely N-dealkylation sites (N-methyl/N-ethyl adjacent to an activating group) is 1. The van der Waals surface area contributed by atoms with E-state index in [-0.39, 0.29) is 29.8 Å². The van der Waals surface area contributed by atoms with Crippen molar-refractivity contribution in [2.45, 2.75) is 17.7 Å². The zero-order valence-electron chi connectivity index (χ0n) is 16.4. The maximum atomic E-state index is 13.0. The third kappa shape index (κ3) is 5.33. The first kappa shape index (κ1) is 21.3. The number of halogens is 1. The summed E-state index contributed by atoms with van der Waals surface area (Å²) in [6.07, 6.45) is 0.946. The fraction of sp³-hybridized carbons (Fsp3) is 0.381. The number of piperidine rings is 1. The van der Waals surface area contributed by atoms with E-state index in [1.165, 1.54) is 16.4 Å². The lowest BCUT2D eigenvalue weighted by Crippen LogP contribution is -2.44. The van der Waals surface area contributed by atoms with E-state index in [9.17, 15) is 17.6 Å². The van der Waals surface area contributed by atoms with Crippen molar-refractivity contribution in [3.05, 3.63) is 60.4 Å². The van der Waals surface area contributed by atoms with Crippen LogP contribution in [0.25, 0.3) is 0 Å². The average molecular weight is 420 g/mol. The Kier molecular flexibility index (Phi) is 6.87. The summed E-state index contributed by atoms with van der Waals surface area (Å²) in [5, 5.41) is 2.95. The molecule has 1 amide bonds. The number of rotatable bonds is 7. The van der Waals surface area contributed by atoms with Gasteiger partial charge in [0, 0.05) is 44.8 Å². The molecule has 1 heterocycles. The van der Waals surface area contributed by atoms with E-state index in [1.807, 2.05) is 37.4 Å². The molecule has 0 aliphatic carbocycles. The molecule has 3 rings (SSSR count). The topological polar surface area (TPSA) is 69.7 Å². The minimum Gasteiger partial charge on any atom is -0.373 e. The summed E-state index contributed by atoms with van der Waals surface area (Å²) in [5.74, 6) is -0.709. The Morgan fingerprint density at radius 1 is 1.10 bits per heavy atom. The number of nitrogens with one attached hydrogen (secondary N) is 1. The zero-order valence-corrected chi connectivity index (χ0v) is 17.2. The van der Waals surface area contributed by atoms with Crippen LogP contribution >= 0.6 is 0 Å². The van der Waals surface area contributed by atoms with Gasteiger partial charge < -0.3 is 10.2 Å². The number of benzene rings is 2. The van der Waals surface area contributed by atoms with E-state index in [0.717, 1.165) is 17.8 Å². The van der Waals surface area contributed by atoms with Crippen LogP contribution in [0, 0.1) is 11.7 Å². The minimum absolute atomic E-state index is 0.0368. The maximum absolute atomic E-state index is 13.0. The number of sulfonamides is 1. The van der Waals surface area contributed by atoms with Crippen molar-refractivity contribution in [2.24, 2.45) is 5.92 Å². The van der Waals surface area contributed by atoms with Gasteiger partial charge in [0.2, 0.25) is 15.9 Å². The van der Waals surface area contributed by atoms with Gasteiger partial charge >= 0.3 is 0 Å². The van der Waals surface area contributed by atoms with Crippen LogP contribution in [-0.2, 0) is 14.8 Å². The first-order valence-electron chi connectivity index (χ1n) is 9.67. The Balaban J connectivity index is 1.46. The minimum atomic E-state index is -3.66. The maximum Gasteiger partial charge on any atom is 0.243 e. The Morgan fingerprint density at radius 2 is 1.72 bits per heavy atom. The molecule has 0 spiro atoms. The van der Waals surface area contributed by atoms with Gasteiger partial charge in [-0.15, -0.1) is 0 Å². The summed E-state index contributed by atoms with van der Waals surface area (Å²) in [5.41, 5.74) is 1.08. The van der Waals surface area contributed by atoms with E-state index < -0.39 is 15.8 Å². The highest BCUT2D eigenvalue weighted by atomic mass is 32.2. The van der Waals surface area contributed by atoms with Crippen LogP contribution < -0.4 is 10.2 Å².